The zero-order chi connectivity index (χ0) is 13.2. The highest BCUT2D eigenvalue weighted by Crippen LogP contribution is 2.29. The molecule has 2 atom stereocenters. The molecule has 19 heavy (non-hydrogen) atoms. The molecule has 3 rings (SSSR count). The van der Waals surface area contributed by atoms with Gasteiger partial charge in [-0.15, -0.1) is 0 Å². The second-order valence-electron chi connectivity index (χ2n) is 5.25. The molecule has 0 saturated carbocycles. The molecule has 98 valence electrons. The Hall–Kier alpha value is -1.86. The number of nitriles is 1. The molecular weight excluding hydrogens is 238 g/mol. The smallest absolute Gasteiger partial charge is 0.254 e. The van der Waals surface area contributed by atoms with Crippen LogP contribution in [0, 0.1) is 11.3 Å². The molecule has 2 bridgehead atoms. The van der Waals surface area contributed by atoms with Crippen LogP contribution in [-0.4, -0.2) is 36.0 Å². The van der Waals surface area contributed by atoms with Crippen molar-refractivity contribution in [2.24, 2.45) is 0 Å². The number of fused-ring (bicyclic) bond motifs is 2. The molecule has 1 aromatic carbocycles. The van der Waals surface area contributed by atoms with Crippen LogP contribution in [0.3, 0.4) is 0 Å². The number of hydrogen-bond acceptors (Lipinski definition) is 3. The standard InChI is InChI=1S/C15H17N3O/c16-8-7-11-3-1-2-4-14(11)15(19)18-12-5-6-13(18)10-17-9-12/h1-4,12-13,17H,5-7,9-10H2. The number of hydrogen-bond donors (Lipinski definition) is 1. The van der Waals surface area contributed by atoms with Gasteiger partial charge in [0.15, 0.2) is 0 Å². The predicted octanol–water partition coefficient (Wildman–Crippen LogP) is 1.33. The number of nitrogens with zero attached hydrogens (tertiary/aromatic N) is 2. The van der Waals surface area contributed by atoms with E-state index in [0.717, 1.165) is 31.5 Å². The molecular formula is C15H17N3O. The van der Waals surface area contributed by atoms with Gasteiger partial charge in [-0.05, 0) is 24.5 Å². The van der Waals surface area contributed by atoms with Crippen molar-refractivity contribution >= 4 is 5.91 Å². The van der Waals surface area contributed by atoms with Gasteiger partial charge in [0.05, 0.1) is 12.5 Å². The fourth-order valence-electron chi connectivity index (χ4n) is 3.22. The van der Waals surface area contributed by atoms with Crippen LogP contribution in [0.1, 0.15) is 28.8 Å². The van der Waals surface area contributed by atoms with E-state index >= 15 is 0 Å². The number of carbonyl (C=O) groups excluding carboxylic acids is 1. The van der Waals surface area contributed by atoms with Gasteiger partial charge in [0.1, 0.15) is 0 Å². The summed E-state index contributed by atoms with van der Waals surface area (Å²) in [6.07, 6.45) is 2.47. The van der Waals surface area contributed by atoms with Crippen LogP contribution in [0.25, 0.3) is 0 Å². The number of benzene rings is 1. The second-order valence-corrected chi connectivity index (χ2v) is 5.25. The summed E-state index contributed by atoms with van der Waals surface area (Å²) in [4.78, 5) is 14.8. The van der Waals surface area contributed by atoms with Crippen LogP contribution < -0.4 is 5.32 Å². The third kappa shape index (κ3) is 2.11. The third-order valence-electron chi connectivity index (χ3n) is 4.13. The van der Waals surface area contributed by atoms with Gasteiger partial charge in [-0.2, -0.15) is 5.26 Å². The van der Waals surface area contributed by atoms with Gasteiger partial charge in [-0.3, -0.25) is 4.79 Å². The topological polar surface area (TPSA) is 56.1 Å². The molecule has 2 fully saturated rings. The normalized spacial score (nSPS) is 25.1. The molecule has 2 heterocycles. The van der Waals surface area contributed by atoms with Gasteiger partial charge in [-0.1, -0.05) is 18.2 Å². The van der Waals surface area contributed by atoms with Crippen LogP contribution in [0.5, 0.6) is 0 Å². The third-order valence-corrected chi connectivity index (χ3v) is 4.13. The molecule has 1 amide bonds. The van der Waals surface area contributed by atoms with Gasteiger partial charge in [0, 0.05) is 30.7 Å². The summed E-state index contributed by atoms with van der Waals surface area (Å²) in [5.74, 6) is 0.0971. The summed E-state index contributed by atoms with van der Waals surface area (Å²) in [5, 5.41) is 12.2. The number of piperazine rings is 1. The van der Waals surface area contributed by atoms with Crippen LogP contribution >= 0.6 is 0 Å². The lowest BCUT2D eigenvalue weighted by Crippen LogP contribution is -2.54. The van der Waals surface area contributed by atoms with Crippen molar-refractivity contribution in [2.75, 3.05) is 13.1 Å². The first-order chi connectivity index (χ1) is 9.31. The molecule has 1 aromatic rings. The molecule has 0 spiro atoms. The van der Waals surface area contributed by atoms with Gasteiger partial charge >= 0.3 is 0 Å². The summed E-state index contributed by atoms with van der Waals surface area (Å²) in [6, 6.07) is 10.3. The van der Waals surface area contributed by atoms with E-state index in [-0.39, 0.29) is 5.91 Å². The molecule has 2 aliphatic rings. The highest BCUT2D eigenvalue weighted by atomic mass is 16.2. The minimum atomic E-state index is 0.0971. The number of nitrogens with one attached hydrogen (secondary N) is 1. The van der Waals surface area contributed by atoms with Crippen molar-refractivity contribution in [1.82, 2.24) is 10.2 Å². The Labute approximate surface area is 113 Å². The molecule has 0 radical (unpaired) electrons. The number of carbonyl (C=O) groups is 1. The van der Waals surface area contributed by atoms with E-state index in [9.17, 15) is 4.79 Å². The highest BCUT2D eigenvalue weighted by Gasteiger charge is 2.40. The van der Waals surface area contributed by atoms with Crippen molar-refractivity contribution in [3.63, 3.8) is 0 Å². The van der Waals surface area contributed by atoms with Crippen molar-refractivity contribution in [1.29, 1.82) is 5.26 Å². The van der Waals surface area contributed by atoms with E-state index in [1.807, 2.05) is 29.2 Å². The molecule has 1 N–H and O–H groups in total. The Bertz CT molecular complexity index is 518. The van der Waals surface area contributed by atoms with Crippen molar-refractivity contribution in [3.8, 4) is 6.07 Å². The molecule has 2 unspecified atom stereocenters. The average molecular weight is 255 g/mol. The Kier molecular flexibility index (Phi) is 3.22. The predicted molar refractivity (Wildman–Crippen MR) is 71.6 cm³/mol. The maximum absolute atomic E-state index is 12.7. The summed E-state index contributed by atoms with van der Waals surface area (Å²) in [6.45, 7) is 1.78. The van der Waals surface area contributed by atoms with E-state index < -0.39 is 0 Å². The molecule has 4 nitrogen and oxygen atoms in total. The Morgan fingerprint density at radius 2 is 2.00 bits per heavy atom. The quantitative estimate of drug-likeness (QED) is 0.867. The summed E-state index contributed by atoms with van der Waals surface area (Å²) in [5.41, 5.74) is 1.54. The monoisotopic (exact) mass is 255 g/mol. The maximum atomic E-state index is 12.7. The molecule has 0 aromatic heterocycles. The minimum absolute atomic E-state index is 0.0971. The number of rotatable bonds is 2. The van der Waals surface area contributed by atoms with Crippen LogP contribution in [0.2, 0.25) is 0 Å². The Balaban J connectivity index is 1.90. The molecule has 2 saturated heterocycles. The van der Waals surface area contributed by atoms with Crippen LogP contribution in [0.4, 0.5) is 0 Å². The zero-order valence-electron chi connectivity index (χ0n) is 10.8. The van der Waals surface area contributed by atoms with Gasteiger partial charge < -0.3 is 10.2 Å². The fraction of sp³-hybridized carbons (Fsp3) is 0.467. The highest BCUT2D eigenvalue weighted by molar-refractivity contribution is 5.96. The van der Waals surface area contributed by atoms with Crippen molar-refractivity contribution in [2.45, 2.75) is 31.3 Å². The van der Waals surface area contributed by atoms with Crippen LogP contribution in [0.15, 0.2) is 24.3 Å². The summed E-state index contributed by atoms with van der Waals surface area (Å²) in [7, 11) is 0. The fourth-order valence-corrected chi connectivity index (χ4v) is 3.22. The van der Waals surface area contributed by atoms with E-state index in [1.54, 1.807) is 0 Å². The Morgan fingerprint density at radius 1 is 1.32 bits per heavy atom. The number of amides is 1. The van der Waals surface area contributed by atoms with E-state index in [4.69, 9.17) is 5.26 Å². The SMILES string of the molecule is N#CCc1ccccc1C(=O)N1C2CCC1CNC2. The minimum Gasteiger partial charge on any atom is -0.330 e. The zero-order valence-corrected chi connectivity index (χ0v) is 10.8. The average Bonchev–Trinajstić information content (AvgIpc) is 2.68. The molecule has 0 aliphatic carbocycles. The molecule has 4 heteroatoms. The largest absolute Gasteiger partial charge is 0.330 e. The first-order valence-corrected chi connectivity index (χ1v) is 6.79. The van der Waals surface area contributed by atoms with Gasteiger partial charge in [-0.25, -0.2) is 0 Å². The summed E-state index contributed by atoms with van der Waals surface area (Å²) >= 11 is 0. The molecule has 2 aliphatic heterocycles. The first kappa shape index (κ1) is 12.2. The lowest BCUT2D eigenvalue weighted by Gasteiger charge is -2.35. The van der Waals surface area contributed by atoms with Crippen molar-refractivity contribution in [3.05, 3.63) is 35.4 Å². The summed E-state index contributed by atoms with van der Waals surface area (Å²) < 4.78 is 0. The van der Waals surface area contributed by atoms with Gasteiger partial charge in [0.25, 0.3) is 5.91 Å². The van der Waals surface area contributed by atoms with E-state index in [1.165, 1.54) is 0 Å². The van der Waals surface area contributed by atoms with Crippen LogP contribution in [-0.2, 0) is 6.42 Å². The van der Waals surface area contributed by atoms with Crippen molar-refractivity contribution < 1.29 is 4.79 Å². The lowest BCUT2D eigenvalue weighted by molar-refractivity contribution is 0.0618. The second kappa shape index (κ2) is 5.02. The van der Waals surface area contributed by atoms with E-state index in [2.05, 4.69) is 11.4 Å². The van der Waals surface area contributed by atoms with Gasteiger partial charge in [0.2, 0.25) is 0 Å². The Morgan fingerprint density at radius 3 is 2.68 bits per heavy atom. The van der Waals surface area contributed by atoms with E-state index in [0.29, 0.717) is 24.1 Å². The lowest BCUT2D eigenvalue weighted by atomic mass is 10.0. The maximum Gasteiger partial charge on any atom is 0.254 e. The first-order valence-electron chi connectivity index (χ1n) is 6.79.